The minimum Gasteiger partial charge on any atom is -0.305 e. The Morgan fingerprint density at radius 3 is 2.94 bits per heavy atom. The minimum atomic E-state index is 0.365. The largest absolute Gasteiger partial charge is 0.305 e. The van der Waals surface area contributed by atoms with Crippen LogP contribution in [0.15, 0.2) is 21.3 Å². The van der Waals surface area contributed by atoms with Gasteiger partial charge in [-0.05, 0) is 59.1 Å². The number of hydrogen-bond acceptors (Lipinski definition) is 3. The Hall–Kier alpha value is -0.650. The van der Waals surface area contributed by atoms with Gasteiger partial charge in [-0.25, -0.2) is 0 Å². The van der Waals surface area contributed by atoms with E-state index in [1.807, 2.05) is 11.6 Å². The van der Waals surface area contributed by atoms with Gasteiger partial charge in [0.2, 0.25) is 0 Å². The molecule has 2 aromatic heterocycles. The summed E-state index contributed by atoms with van der Waals surface area (Å²) in [5, 5.41) is 12.4. The van der Waals surface area contributed by atoms with E-state index in [1.165, 1.54) is 11.3 Å². The second-order valence-electron chi connectivity index (χ2n) is 4.32. The Labute approximate surface area is 120 Å². The van der Waals surface area contributed by atoms with E-state index in [1.54, 1.807) is 11.3 Å². The second kappa shape index (κ2) is 5.99. The first kappa shape index (κ1) is 13.8. The third-order valence-electron chi connectivity index (χ3n) is 3.07. The Kier molecular flexibility index (Phi) is 4.59. The van der Waals surface area contributed by atoms with Crippen LogP contribution in [0.5, 0.6) is 0 Å². The predicted octanol–water partition coefficient (Wildman–Crippen LogP) is 3.89. The summed E-state index contributed by atoms with van der Waals surface area (Å²) < 4.78 is 3.17. The van der Waals surface area contributed by atoms with Crippen LogP contribution in [0.4, 0.5) is 0 Å². The summed E-state index contributed by atoms with van der Waals surface area (Å²) in [6.07, 6.45) is 0. The summed E-state index contributed by atoms with van der Waals surface area (Å²) in [4.78, 5) is 0. The fourth-order valence-electron chi connectivity index (χ4n) is 1.93. The van der Waals surface area contributed by atoms with Crippen molar-refractivity contribution in [2.75, 3.05) is 0 Å². The maximum Gasteiger partial charge on any atom is 0.0739 e. The topological polar surface area (TPSA) is 29.9 Å². The molecule has 18 heavy (non-hydrogen) atoms. The van der Waals surface area contributed by atoms with E-state index in [2.05, 4.69) is 57.0 Å². The van der Waals surface area contributed by atoms with Crippen molar-refractivity contribution in [3.8, 4) is 0 Å². The molecule has 2 rings (SSSR count). The van der Waals surface area contributed by atoms with Crippen LogP contribution < -0.4 is 5.32 Å². The molecule has 0 saturated heterocycles. The van der Waals surface area contributed by atoms with Gasteiger partial charge < -0.3 is 5.32 Å². The molecule has 98 valence electrons. The zero-order valence-electron chi connectivity index (χ0n) is 10.9. The monoisotopic (exact) mass is 327 g/mol. The van der Waals surface area contributed by atoms with Crippen molar-refractivity contribution in [2.24, 2.45) is 0 Å². The maximum atomic E-state index is 4.50. The summed E-state index contributed by atoms with van der Waals surface area (Å²) in [6.45, 7) is 8.06. The summed E-state index contributed by atoms with van der Waals surface area (Å²) in [5.74, 6) is 0. The molecular formula is C13H18BrN3S. The summed E-state index contributed by atoms with van der Waals surface area (Å²) >= 11 is 5.36. The zero-order valence-corrected chi connectivity index (χ0v) is 13.3. The van der Waals surface area contributed by atoms with Crippen molar-refractivity contribution in [3.63, 3.8) is 0 Å². The van der Waals surface area contributed by atoms with Crippen molar-refractivity contribution in [2.45, 2.75) is 39.9 Å². The number of thiophene rings is 1. The molecular weight excluding hydrogens is 310 g/mol. The smallest absolute Gasteiger partial charge is 0.0739 e. The van der Waals surface area contributed by atoms with Crippen molar-refractivity contribution in [3.05, 3.63) is 38.3 Å². The lowest BCUT2D eigenvalue weighted by molar-refractivity contribution is 0.530. The fraction of sp³-hybridized carbons (Fsp3) is 0.462. The van der Waals surface area contributed by atoms with E-state index >= 15 is 0 Å². The highest BCUT2D eigenvalue weighted by Crippen LogP contribution is 2.22. The molecule has 0 fully saturated rings. The van der Waals surface area contributed by atoms with Crippen molar-refractivity contribution in [1.29, 1.82) is 0 Å². The summed E-state index contributed by atoms with van der Waals surface area (Å²) in [5.41, 5.74) is 3.62. The van der Waals surface area contributed by atoms with E-state index in [-0.39, 0.29) is 0 Å². The molecule has 2 aromatic rings. The molecule has 0 saturated carbocycles. The van der Waals surface area contributed by atoms with Gasteiger partial charge >= 0.3 is 0 Å². The number of halogens is 1. The van der Waals surface area contributed by atoms with E-state index in [0.717, 1.165) is 23.3 Å². The van der Waals surface area contributed by atoms with Gasteiger partial charge in [0.25, 0.3) is 0 Å². The Morgan fingerprint density at radius 1 is 1.56 bits per heavy atom. The van der Waals surface area contributed by atoms with Crippen LogP contribution >= 0.6 is 27.3 Å². The summed E-state index contributed by atoms with van der Waals surface area (Å²) in [6, 6.07) is 2.53. The molecule has 1 atom stereocenters. The van der Waals surface area contributed by atoms with Crippen molar-refractivity contribution >= 4 is 27.3 Å². The Balaban J connectivity index is 2.06. The van der Waals surface area contributed by atoms with Gasteiger partial charge in [-0.3, -0.25) is 4.68 Å². The van der Waals surface area contributed by atoms with Gasteiger partial charge in [0.05, 0.1) is 15.9 Å². The highest BCUT2D eigenvalue weighted by molar-refractivity contribution is 9.10. The molecule has 0 aromatic carbocycles. The minimum absolute atomic E-state index is 0.365. The molecule has 0 spiro atoms. The first-order chi connectivity index (χ1) is 8.63. The number of rotatable bonds is 5. The van der Waals surface area contributed by atoms with Gasteiger partial charge in [0, 0.05) is 19.1 Å². The second-order valence-corrected chi connectivity index (χ2v) is 5.89. The molecule has 0 bridgehead atoms. The van der Waals surface area contributed by atoms with Crippen LogP contribution in [0.2, 0.25) is 0 Å². The number of aryl methyl sites for hydroxylation is 2. The molecule has 0 amide bonds. The lowest BCUT2D eigenvalue weighted by Gasteiger charge is -2.13. The molecule has 3 nitrogen and oxygen atoms in total. The van der Waals surface area contributed by atoms with Crippen LogP contribution in [0.25, 0.3) is 0 Å². The van der Waals surface area contributed by atoms with Crippen LogP contribution in [-0.4, -0.2) is 9.78 Å². The average Bonchev–Trinajstić information content (AvgIpc) is 2.97. The zero-order chi connectivity index (χ0) is 13.1. The van der Waals surface area contributed by atoms with Gasteiger partial charge in [0.1, 0.15) is 0 Å². The first-order valence-electron chi connectivity index (χ1n) is 6.10. The van der Waals surface area contributed by atoms with Crippen LogP contribution in [0, 0.1) is 6.92 Å². The standard InChI is InChI=1S/C13H18BrN3S/c1-4-17-12(13(14)10(3)16-17)7-15-9(2)11-5-6-18-8-11/h5-6,8-9,15H,4,7H2,1-3H3. The fourth-order valence-corrected chi connectivity index (χ4v) is 3.11. The maximum absolute atomic E-state index is 4.50. The van der Waals surface area contributed by atoms with Gasteiger partial charge in [-0.1, -0.05) is 0 Å². The van der Waals surface area contributed by atoms with Gasteiger partial charge in [-0.15, -0.1) is 0 Å². The van der Waals surface area contributed by atoms with E-state index in [9.17, 15) is 0 Å². The lowest BCUT2D eigenvalue weighted by Crippen LogP contribution is -2.20. The van der Waals surface area contributed by atoms with Crippen molar-refractivity contribution in [1.82, 2.24) is 15.1 Å². The number of nitrogens with one attached hydrogen (secondary N) is 1. The molecule has 0 aliphatic carbocycles. The summed E-state index contributed by atoms with van der Waals surface area (Å²) in [7, 11) is 0. The average molecular weight is 328 g/mol. The molecule has 0 aliphatic rings. The molecule has 1 N–H and O–H groups in total. The third kappa shape index (κ3) is 2.84. The molecule has 2 heterocycles. The van der Waals surface area contributed by atoms with Gasteiger partial charge in [0.15, 0.2) is 0 Å². The molecule has 5 heteroatoms. The first-order valence-corrected chi connectivity index (χ1v) is 7.84. The highest BCUT2D eigenvalue weighted by Gasteiger charge is 2.13. The number of aromatic nitrogens is 2. The number of nitrogens with zero attached hydrogens (tertiary/aromatic N) is 2. The molecule has 1 unspecified atom stereocenters. The Morgan fingerprint density at radius 2 is 2.33 bits per heavy atom. The Bertz CT molecular complexity index is 505. The van der Waals surface area contributed by atoms with E-state index < -0.39 is 0 Å². The normalized spacial score (nSPS) is 12.9. The highest BCUT2D eigenvalue weighted by atomic mass is 79.9. The van der Waals surface area contributed by atoms with Crippen molar-refractivity contribution < 1.29 is 0 Å². The molecule has 0 aliphatic heterocycles. The lowest BCUT2D eigenvalue weighted by atomic mass is 10.2. The third-order valence-corrected chi connectivity index (χ3v) is 4.80. The van der Waals surface area contributed by atoms with E-state index in [0.29, 0.717) is 6.04 Å². The number of hydrogen-bond donors (Lipinski definition) is 1. The SMILES string of the molecule is CCn1nc(C)c(Br)c1CNC(C)c1ccsc1. The van der Waals surface area contributed by atoms with Crippen LogP contribution in [0.3, 0.4) is 0 Å². The quantitative estimate of drug-likeness (QED) is 0.902. The van der Waals surface area contributed by atoms with Crippen LogP contribution in [-0.2, 0) is 13.1 Å². The van der Waals surface area contributed by atoms with Crippen LogP contribution in [0.1, 0.15) is 36.8 Å². The molecule has 0 radical (unpaired) electrons. The van der Waals surface area contributed by atoms with Gasteiger partial charge in [-0.2, -0.15) is 16.4 Å². The predicted molar refractivity (Wildman–Crippen MR) is 79.9 cm³/mol. The van der Waals surface area contributed by atoms with E-state index in [4.69, 9.17) is 0 Å².